The Morgan fingerprint density at radius 1 is 1.12 bits per heavy atom. The van der Waals surface area contributed by atoms with E-state index in [2.05, 4.69) is 11.1 Å². The van der Waals surface area contributed by atoms with Gasteiger partial charge in [0.15, 0.2) is 0 Å². The predicted octanol–water partition coefficient (Wildman–Crippen LogP) is 3.82. The number of halogens is 1. The molecule has 1 aromatic heterocycles. The summed E-state index contributed by atoms with van der Waals surface area (Å²) in [7, 11) is 3.92. The fourth-order valence-electron chi connectivity index (χ4n) is 5.26. The van der Waals surface area contributed by atoms with Crippen molar-refractivity contribution in [3.8, 4) is 0 Å². The zero-order chi connectivity index (χ0) is 23.6. The molecule has 2 saturated heterocycles. The molecule has 0 radical (unpaired) electrons. The van der Waals surface area contributed by atoms with Gasteiger partial charge in [-0.2, -0.15) is 0 Å². The fourth-order valence-corrected chi connectivity index (χ4v) is 5.26. The zero-order valence-corrected chi connectivity index (χ0v) is 19.8. The van der Waals surface area contributed by atoms with E-state index in [0.717, 1.165) is 36.3 Å². The summed E-state index contributed by atoms with van der Waals surface area (Å²) < 4.78 is 13.5. The molecule has 2 aliphatic heterocycles. The maximum atomic E-state index is 14.2. The summed E-state index contributed by atoms with van der Waals surface area (Å²) in [6, 6.07) is 10.6. The lowest BCUT2D eigenvalue weighted by atomic mass is 9.72. The van der Waals surface area contributed by atoms with E-state index in [1.807, 2.05) is 41.1 Å². The summed E-state index contributed by atoms with van der Waals surface area (Å²) in [5, 5.41) is 0. The Morgan fingerprint density at radius 3 is 2.45 bits per heavy atom. The number of anilines is 1. The van der Waals surface area contributed by atoms with Crippen molar-refractivity contribution in [2.75, 3.05) is 38.6 Å². The summed E-state index contributed by atoms with van der Waals surface area (Å²) in [5.41, 5.74) is 1.47. The molecule has 1 aromatic carbocycles. The summed E-state index contributed by atoms with van der Waals surface area (Å²) in [5.74, 6) is 0.799. The van der Waals surface area contributed by atoms with Crippen LogP contribution in [0.25, 0.3) is 0 Å². The van der Waals surface area contributed by atoms with Crippen LogP contribution in [-0.2, 0) is 16.0 Å². The quantitative estimate of drug-likeness (QED) is 0.692. The number of piperidine rings is 1. The molecule has 7 heteroatoms. The molecule has 2 amide bonds. The Kier molecular flexibility index (Phi) is 6.68. The van der Waals surface area contributed by atoms with Crippen molar-refractivity contribution >= 4 is 17.6 Å². The number of carbonyl (C=O) groups is 2. The summed E-state index contributed by atoms with van der Waals surface area (Å²) in [6.45, 7) is 3.45. The number of hydrogen-bond acceptors (Lipinski definition) is 4. The first-order valence-corrected chi connectivity index (χ1v) is 11.7. The van der Waals surface area contributed by atoms with Gasteiger partial charge >= 0.3 is 0 Å². The molecule has 2 fully saturated rings. The smallest absolute Gasteiger partial charge is 0.229 e. The van der Waals surface area contributed by atoms with E-state index in [1.165, 1.54) is 12.1 Å². The van der Waals surface area contributed by atoms with Gasteiger partial charge in [-0.15, -0.1) is 0 Å². The lowest BCUT2D eigenvalue weighted by molar-refractivity contribution is -0.149. The van der Waals surface area contributed by atoms with E-state index in [1.54, 1.807) is 19.1 Å². The maximum absolute atomic E-state index is 14.2. The third-order valence-corrected chi connectivity index (χ3v) is 7.20. The van der Waals surface area contributed by atoms with Gasteiger partial charge in [0.1, 0.15) is 11.6 Å². The van der Waals surface area contributed by atoms with E-state index < -0.39 is 5.41 Å². The third-order valence-electron chi connectivity index (χ3n) is 7.20. The van der Waals surface area contributed by atoms with Crippen molar-refractivity contribution in [3.63, 3.8) is 0 Å². The molecule has 33 heavy (non-hydrogen) atoms. The van der Waals surface area contributed by atoms with E-state index in [9.17, 15) is 14.0 Å². The highest BCUT2D eigenvalue weighted by atomic mass is 19.1. The van der Waals surface area contributed by atoms with Crippen molar-refractivity contribution < 1.29 is 14.0 Å². The monoisotopic (exact) mass is 452 g/mol. The van der Waals surface area contributed by atoms with Crippen molar-refractivity contribution in [2.24, 2.45) is 5.41 Å². The number of aromatic nitrogens is 1. The van der Waals surface area contributed by atoms with E-state index >= 15 is 0 Å². The van der Waals surface area contributed by atoms with Crippen LogP contribution in [0.3, 0.4) is 0 Å². The first-order valence-electron chi connectivity index (χ1n) is 11.7. The molecule has 2 aromatic rings. The minimum atomic E-state index is -0.593. The number of pyridine rings is 1. The Morgan fingerprint density at radius 2 is 1.82 bits per heavy atom. The highest BCUT2D eigenvalue weighted by molar-refractivity contribution is 5.84. The second-order valence-electron chi connectivity index (χ2n) is 9.59. The van der Waals surface area contributed by atoms with Crippen molar-refractivity contribution in [1.29, 1.82) is 0 Å². The van der Waals surface area contributed by atoms with Crippen LogP contribution >= 0.6 is 0 Å². The normalized spacial score (nSPS) is 20.1. The average Bonchev–Trinajstić information content (AvgIpc) is 3.30. The van der Waals surface area contributed by atoms with Crippen LogP contribution in [0.5, 0.6) is 0 Å². The molecule has 4 rings (SSSR count). The lowest BCUT2D eigenvalue weighted by Crippen LogP contribution is -2.52. The maximum Gasteiger partial charge on any atom is 0.229 e. The van der Waals surface area contributed by atoms with Crippen molar-refractivity contribution in [3.05, 3.63) is 59.5 Å². The molecular weight excluding hydrogens is 419 g/mol. The van der Waals surface area contributed by atoms with Gasteiger partial charge in [0.25, 0.3) is 0 Å². The minimum Gasteiger partial charge on any atom is -0.363 e. The Labute approximate surface area is 195 Å². The minimum absolute atomic E-state index is 0.0233. The van der Waals surface area contributed by atoms with Crippen LogP contribution in [0, 0.1) is 11.2 Å². The Hall–Kier alpha value is -2.96. The van der Waals surface area contributed by atoms with Gasteiger partial charge in [0.05, 0.1) is 11.5 Å². The SMILES string of the molecule is CC(=O)N1CCC(Cc2ccc(F)cc2)(C(=O)N2CCCC2c2ccnc(N(C)C)c2)CC1. The van der Waals surface area contributed by atoms with Crippen LogP contribution in [0.1, 0.15) is 49.8 Å². The van der Waals surface area contributed by atoms with Gasteiger partial charge in [-0.1, -0.05) is 12.1 Å². The van der Waals surface area contributed by atoms with Gasteiger partial charge in [-0.3, -0.25) is 9.59 Å². The number of rotatable bonds is 5. The molecular formula is C26H33FN4O2. The number of hydrogen-bond donors (Lipinski definition) is 0. The molecule has 1 atom stereocenters. The van der Waals surface area contributed by atoms with Crippen LogP contribution in [0.2, 0.25) is 0 Å². The molecule has 3 heterocycles. The Balaban J connectivity index is 1.63. The van der Waals surface area contributed by atoms with E-state index in [-0.39, 0.29) is 23.7 Å². The van der Waals surface area contributed by atoms with Gasteiger partial charge in [-0.05, 0) is 67.5 Å². The first kappa shape index (κ1) is 23.2. The van der Waals surface area contributed by atoms with Gasteiger partial charge < -0.3 is 14.7 Å². The standard InChI is InChI=1S/C26H33FN4O2/c1-19(32)30-15-11-26(12-16-30,18-20-6-8-22(27)9-7-20)25(33)31-14-4-5-23(31)21-10-13-28-24(17-21)29(2)3/h6-10,13,17,23H,4-5,11-12,14-16,18H2,1-3H3. The van der Waals surface area contributed by atoms with Crippen LogP contribution < -0.4 is 4.90 Å². The van der Waals surface area contributed by atoms with Gasteiger partial charge in [-0.25, -0.2) is 9.37 Å². The van der Waals surface area contributed by atoms with Gasteiger partial charge in [0, 0.05) is 46.9 Å². The highest BCUT2D eigenvalue weighted by Crippen LogP contribution is 2.42. The lowest BCUT2D eigenvalue weighted by Gasteiger charge is -2.43. The molecule has 0 saturated carbocycles. The van der Waals surface area contributed by atoms with Crippen molar-refractivity contribution in [1.82, 2.24) is 14.8 Å². The first-order chi connectivity index (χ1) is 15.8. The van der Waals surface area contributed by atoms with Crippen LogP contribution in [-0.4, -0.2) is 60.3 Å². The Bertz CT molecular complexity index is 1000. The van der Waals surface area contributed by atoms with Crippen LogP contribution in [0.4, 0.5) is 10.2 Å². The fraction of sp³-hybridized carbons (Fsp3) is 0.500. The number of carbonyl (C=O) groups excluding carboxylic acids is 2. The topological polar surface area (TPSA) is 56.8 Å². The van der Waals surface area contributed by atoms with Crippen molar-refractivity contribution in [2.45, 2.75) is 45.1 Å². The molecule has 1 unspecified atom stereocenters. The third kappa shape index (κ3) is 4.87. The number of nitrogens with zero attached hydrogens (tertiary/aromatic N) is 4. The number of benzene rings is 1. The largest absolute Gasteiger partial charge is 0.363 e. The predicted molar refractivity (Wildman–Crippen MR) is 126 cm³/mol. The summed E-state index contributed by atoms with van der Waals surface area (Å²) in [6.07, 6.45) is 5.49. The molecule has 0 N–H and O–H groups in total. The van der Waals surface area contributed by atoms with E-state index in [4.69, 9.17) is 0 Å². The second-order valence-corrected chi connectivity index (χ2v) is 9.59. The number of amides is 2. The van der Waals surface area contributed by atoms with Crippen LogP contribution in [0.15, 0.2) is 42.6 Å². The summed E-state index contributed by atoms with van der Waals surface area (Å²) >= 11 is 0. The molecule has 2 aliphatic rings. The second kappa shape index (κ2) is 9.49. The molecule has 0 spiro atoms. The van der Waals surface area contributed by atoms with E-state index in [0.29, 0.717) is 32.4 Å². The molecule has 6 nitrogen and oxygen atoms in total. The molecule has 0 aliphatic carbocycles. The molecule has 0 bridgehead atoms. The zero-order valence-electron chi connectivity index (χ0n) is 19.8. The summed E-state index contributed by atoms with van der Waals surface area (Å²) in [4.78, 5) is 36.4. The van der Waals surface area contributed by atoms with Gasteiger partial charge in [0.2, 0.25) is 11.8 Å². The molecule has 176 valence electrons. The average molecular weight is 453 g/mol. The highest BCUT2D eigenvalue weighted by Gasteiger charge is 2.46. The number of likely N-dealkylation sites (tertiary alicyclic amines) is 2.